The normalized spacial score (nSPS) is 10.8. The van der Waals surface area contributed by atoms with Crippen LogP contribution in [0.1, 0.15) is 18.9 Å². The number of aromatic nitrogens is 2. The molecule has 0 fully saturated rings. The van der Waals surface area contributed by atoms with Crippen LogP contribution in [0.25, 0.3) is 10.9 Å². The Morgan fingerprint density at radius 1 is 1.10 bits per heavy atom. The van der Waals surface area contributed by atoms with Gasteiger partial charge in [-0.05, 0) is 37.6 Å². The molecule has 0 saturated heterocycles. The Labute approximate surface area is 169 Å². The molecule has 152 valence electrons. The number of likely N-dealkylation sites (N-methyl/N-ethyl adjacent to an activating group) is 1. The van der Waals surface area contributed by atoms with Gasteiger partial charge in [0.1, 0.15) is 0 Å². The first-order valence-electron chi connectivity index (χ1n) is 9.80. The highest BCUT2D eigenvalue weighted by atomic mass is 16.2. The molecule has 0 aliphatic carbocycles. The summed E-state index contributed by atoms with van der Waals surface area (Å²) in [7, 11) is 0. The first-order valence-corrected chi connectivity index (χ1v) is 9.80. The third kappa shape index (κ3) is 4.74. The van der Waals surface area contributed by atoms with Gasteiger partial charge >= 0.3 is 5.69 Å². The summed E-state index contributed by atoms with van der Waals surface area (Å²) in [5, 5.41) is 3.35. The molecule has 7 nitrogen and oxygen atoms in total. The van der Waals surface area contributed by atoms with Crippen LogP contribution < -0.4 is 21.5 Å². The number of H-pyrrole nitrogens is 1. The SMILES string of the molecule is CCN(CCNC(=O)CCn1c(=O)[nH]c(=O)c2ccccc21)c1ccccc1C. The largest absolute Gasteiger partial charge is 0.370 e. The molecule has 1 heterocycles. The molecule has 1 aromatic heterocycles. The minimum absolute atomic E-state index is 0.131. The first-order chi connectivity index (χ1) is 14.0. The van der Waals surface area contributed by atoms with Crippen molar-refractivity contribution < 1.29 is 4.79 Å². The lowest BCUT2D eigenvalue weighted by Crippen LogP contribution is -2.36. The number of aryl methyl sites for hydroxylation is 2. The van der Waals surface area contributed by atoms with Gasteiger partial charge in [0.15, 0.2) is 0 Å². The predicted octanol–water partition coefficient (Wildman–Crippen LogP) is 2.03. The van der Waals surface area contributed by atoms with Gasteiger partial charge < -0.3 is 10.2 Å². The number of nitrogens with one attached hydrogen (secondary N) is 2. The van der Waals surface area contributed by atoms with E-state index >= 15 is 0 Å². The highest BCUT2D eigenvalue weighted by molar-refractivity contribution is 5.78. The fourth-order valence-corrected chi connectivity index (χ4v) is 3.46. The van der Waals surface area contributed by atoms with Crippen molar-refractivity contribution in [2.75, 3.05) is 24.5 Å². The minimum Gasteiger partial charge on any atom is -0.370 e. The number of benzene rings is 2. The van der Waals surface area contributed by atoms with Crippen LogP contribution in [-0.2, 0) is 11.3 Å². The standard InChI is InChI=1S/C22H26N4O3/c1-3-25(18-10-6-4-8-16(18)2)15-13-23-20(27)12-14-26-19-11-7-5-9-17(19)21(28)24-22(26)29/h4-11H,3,12-15H2,1-2H3,(H,23,27)(H,24,28,29). The molecule has 0 radical (unpaired) electrons. The van der Waals surface area contributed by atoms with Gasteiger partial charge in [-0.3, -0.25) is 19.1 Å². The molecule has 0 aliphatic heterocycles. The van der Waals surface area contributed by atoms with Crippen molar-refractivity contribution >= 4 is 22.5 Å². The van der Waals surface area contributed by atoms with Crippen LogP contribution in [-0.4, -0.2) is 35.1 Å². The van der Waals surface area contributed by atoms with Gasteiger partial charge in [0.2, 0.25) is 5.91 Å². The van der Waals surface area contributed by atoms with E-state index in [1.807, 2.05) is 12.1 Å². The van der Waals surface area contributed by atoms with Crippen LogP contribution in [0.2, 0.25) is 0 Å². The average Bonchev–Trinajstić information content (AvgIpc) is 2.72. The number of anilines is 1. The van der Waals surface area contributed by atoms with Crippen molar-refractivity contribution in [3.8, 4) is 0 Å². The molecule has 1 amide bonds. The van der Waals surface area contributed by atoms with E-state index in [2.05, 4.69) is 41.2 Å². The number of amides is 1. The van der Waals surface area contributed by atoms with E-state index in [1.54, 1.807) is 24.3 Å². The summed E-state index contributed by atoms with van der Waals surface area (Å²) in [5.74, 6) is -0.131. The van der Waals surface area contributed by atoms with Gasteiger partial charge in [-0.2, -0.15) is 0 Å². The van der Waals surface area contributed by atoms with Crippen LogP contribution in [0, 0.1) is 6.92 Å². The lowest BCUT2D eigenvalue weighted by atomic mass is 10.2. The molecule has 0 saturated carbocycles. The van der Waals surface area contributed by atoms with Crippen molar-refractivity contribution in [2.45, 2.75) is 26.8 Å². The molecule has 0 atom stereocenters. The monoisotopic (exact) mass is 394 g/mol. The summed E-state index contributed by atoms with van der Waals surface area (Å²) < 4.78 is 1.43. The summed E-state index contributed by atoms with van der Waals surface area (Å²) in [6.07, 6.45) is 0.159. The van der Waals surface area contributed by atoms with Crippen LogP contribution in [0.15, 0.2) is 58.1 Å². The molecule has 2 aromatic carbocycles. The third-order valence-corrected chi connectivity index (χ3v) is 5.01. The summed E-state index contributed by atoms with van der Waals surface area (Å²) >= 11 is 0. The Balaban J connectivity index is 1.58. The van der Waals surface area contributed by atoms with Crippen molar-refractivity contribution in [1.29, 1.82) is 0 Å². The Bertz CT molecular complexity index is 1120. The van der Waals surface area contributed by atoms with Gasteiger partial charge in [0.25, 0.3) is 5.56 Å². The van der Waals surface area contributed by atoms with Gasteiger partial charge in [0, 0.05) is 38.3 Å². The van der Waals surface area contributed by atoms with E-state index in [1.165, 1.54) is 10.1 Å². The second-order valence-corrected chi connectivity index (χ2v) is 6.89. The summed E-state index contributed by atoms with van der Waals surface area (Å²) in [6.45, 7) is 6.43. The van der Waals surface area contributed by atoms with Crippen LogP contribution in [0.5, 0.6) is 0 Å². The maximum atomic E-state index is 12.3. The third-order valence-electron chi connectivity index (χ3n) is 5.01. The number of hydrogen-bond acceptors (Lipinski definition) is 4. The van der Waals surface area contributed by atoms with E-state index in [9.17, 15) is 14.4 Å². The number of rotatable bonds is 8. The number of aromatic amines is 1. The van der Waals surface area contributed by atoms with E-state index in [0.29, 0.717) is 24.0 Å². The molecule has 29 heavy (non-hydrogen) atoms. The van der Waals surface area contributed by atoms with E-state index in [0.717, 1.165) is 12.2 Å². The predicted molar refractivity (Wildman–Crippen MR) is 116 cm³/mol. The van der Waals surface area contributed by atoms with Gasteiger partial charge in [0.05, 0.1) is 10.9 Å². The van der Waals surface area contributed by atoms with Crippen LogP contribution in [0.3, 0.4) is 0 Å². The Kier molecular flexibility index (Phi) is 6.49. The van der Waals surface area contributed by atoms with Crippen molar-refractivity contribution in [3.63, 3.8) is 0 Å². The molecule has 0 aliphatic rings. The number of carbonyl (C=O) groups is 1. The van der Waals surface area contributed by atoms with Crippen LogP contribution in [0.4, 0.5) is 5.69 Å². The lowest BCUT2D eigenvalue weighted by molar-refractivity contribution is -0.121. The molecule has 0 bridgehead atoms. The fraction of sp³-hybridized carbons (Fsp3) is 0.318. The molecule has 0 spiro atoms. The van der Waals surface area contributed by atoms with Gasteiger partial charge in [-0.25, -0.2) is 4.79 Å². The van der Waals surface area contributed by atoms with Crippen LogP contribution >= 0.6 is 0 Å². The summed E-state index contributed by atoms with van der Waals surface area (Å²) in [4.78, 5) is 40.9. The number of para-hydroxylation sites is 2. The van der Waals surface area contributed by atoms with E-state index in [-0.39, 0.29) is 18.9 Å². The second kappa shape index (κ2) is 9.23. The Hall–Kier alpha value is -3.35. The fourth-order valence-electron chi connectivity index (χ4n) is 3.46. The summed E-state index contributed by atoms with van der Waals surface area (Å²) in [5.41, 5.74) is 1.98. The average molecular weight is 394 g/mol. The zero-order chi connectivity index (χ0) is 20.8. The first kappa shape index (κ1) is 20.4. The molecule has 3 aromatic rings. The summed E-state index contributed by atoms with van der Waals surface area (Å²) in [6, 6.07) is 15.1. The molecule has 2 N–H and O–H groups in total. The minimum atomic E-state index is -0.502. The van der Waals surface area contributed by atoms with Gasteiger partial charge in [-0.15, -0.1) is 0 Å². The Morgan fingerprint density at radius 2 is 1.83 bits per heavy atom. The van der Waals surface area contributed by atoms with E-state index in [4.69, 9.17) is 0 Å². The second-order valence-electron chi connectivity index (χ2n) is 6.89. The number of nitrogens with zero attached hydrogens (tertiary/aromatic N) is 2. The quantitative estimate of drug-likeness (QED) is 0.612. The number of fused-ring (bicyclic) bond motifs is 1. The van der Waals surface area contributed by atoms with Crippen molar-refractivity contribution in [3.05, 3.63) is 74.9 Å². The molecule has 7 heteroatoms. The highest BCUT2D eigenvalue weighted by Crippen LogP contribution is 2.18. The smallest absolute Gasteiger partial charge is 0.328 e. The maximum absolute atomic E-state index is 12.3. The van der Waals surface area contributed by atoms with Gasteiger partial charge in [-0.1, -0.05) is 30.3 Å². The van der Waals surface area contributed by atoms with Crippen molar-refractivity contribution in [1.82, 2.24) is 14.9 Å². The topological polar surface area (TPSA) is 87.2 Å². The number of hydrogen-bond donors (Lipinski definition) is 2. The Morgan fingerprint density at radius 3 is 2.59 bits per heavy atom. The maximum Gasteiger partial charge on any atom is 0.328 e. The van der Waals surface area contributed by atoms with E-state index < -0.39 is 11.2 Å². The number of carbonyl (C=O) groups excluding carboxylic acids is 1. The highest BCUT2D eigenvalue weighted by Gasteiger charge is 2.10. The zero-order valence-corrected chi connectivity index (χ0v) is 16.8. The zero-order valence-electron chi connectivity index (χ0n) is 16.8. The van der Waals surface area contributed by atoms with Crippen molar-refractivity contribution in [2.24, 2.45) is 0 Å². The lowest BCUT2D eigenvalue weighted by Gasteiger charge is -2.25. The molecule has 3 rings (SSSR count). The molecular weight excluding hydrogens is 368 g/mol. The molecule has 0 unspecified atom stereocenters. The molecular formula is C22H26N4O3.